The number of hydrogen-bond acceptors (Lipinski definition) is 10. The fraction of sp³-hybridized carbons (Fsp3) is 0.759. The molecule has 0 bridgehead atoms. The van der Waals surface area contributed by atoms with Gasteiger partial charge in [0, 0.05) is 19.3 Å². The van der Waals surface area contributed by atoms with Crippen LogP contribution in [0.15, 0.2) is 60.8 Å². The van der Waals surface area contributed by atoms with Crippen molar-refractivity contribution in [2.75, 3.05) is 26.4 Å². The Hall–Kier alpha value is -2.82. The molecule has 3 atom stereocenters. The summed E-state index contributed by atoms with van der Waals surface area (Å²) in [4.78, 5) is 48.3. The van der Waals surface area contributed by atoms with E-state index in [1.807, 2.05) is 0 Å². The maximum atomic E-state index is 12.8. The van der Waals surface area contributed by atoms with Crippen molar-refractivity contribution >= 4 is 25.7 Å². The van der Waals surface area contributed by atoms with Gasteiger partial charge in [-0.1, -0.05) is 184 Å². The third-order valence-electron chi connectivity index (χ3n) is 10.9. The number of esters is 3. The molecule has 0 radical (unpaired) electrons. The molecule has 0 aliphatic heterocycles. The molecule has 0 amide bonds. The second-order valence-electron chi connectivity index (χ2n) is 17.3. The first-order valence-electron chi connectivity index (χ1n) is 26.2. The van der Waals surface area contributed by atoms with E-state index in [-0.39, 0.29) is 25.9 Å². The summed E-state index contributed by atoms with van der Waals surface area (Å²) in [6.45, 7) is 4.44. The lowest BCUT2D eigenvalue weighted by Gasteiger charge is -2.21. The number of carbonyl (C=O) groups excluding carboxylic acids is 3. The summed E-state index contributed by atoms with van der Waals surface area (Å²) in [6.07, 6.45) is 50.5. The molecule has 0 saturated heterocycles. The quantitative estimate of drug-likeness (QED) is 0.0197. The average Bonchev–Trinajstić information content (AvgIpc) is 3.30. The van der Waals surface area contributed by atoms with Gasteiger partial charge in [-0.3, -0.25) is 23.4 Å². The second kappa shape index (κ2) is 48.6. The van der Waals surface area contributed by atoms with E-state index >= 15 is 0 Å². The molecule has 0 aliphatic rings. The molecule has 0 spiro atoms. The molecule has 382 valence electrons. The third kappa shape index (κ3) is 46.3. The highest BCUT2D eigenvalue weighted by Gasteiger charge is 2.28. The van der Waals surface area contributed by atoms with Gasteiger partial charge in [0.05, 0.1) is 19.8 Å². The van der Waals surface area contributed by atoms with Crippen LogP contribution in [0.4, 0.5) is 0 Å². The van der Waals surface area contributed by atoms with Gasteiger partial charge in [-0.2, -0.15) is 0 Å². The third-order valence-corrected chi connectivity index (χ3v) is 11.9. The number of phosphoric acid groups is 1. The maximum Gasteiger partial charge on any atom is 0.472 e. The van der Waals surface area contributed by atoms with Gasteiger partial charge in [-0.05, 0) is 83.5 Å². The molecule has 66 heavy (non-hydrogen) atoms. The highest BCUT2D eigenvalue weighted by Crippen LogP contribution is 2.43. The number of ether oxygens (including phenoxy) is 3. The Kier molecular flexibility index (Phi) is 46.6. The lowest BCUT2D eigenvalue weighted by atomic mass is 10.1. The van der Waals surface area contributed by atoms with E-state index in [1.54, 1.807) is 0 Å². The van der Waals surface area contributed by atoms with E-state index < -0.39 is 57.8 Å². The molecule has 2 N–H and O–H groups in total. The van der Waals surface area contributed by atoms with Gasteiger partial charge in [-0.25, -0.2) is 4.57 Å². The van der Waals surface area contributed by atoms with Crippen molar-refractivity contribution in [2.24, 2.45) is 0 Å². The van der Waals surface area contributed by atoms with E-state index in [2.05, 4.69) is 81.5 Å². The highest BCUT2D eigenvalue weighted by molar-refractivity contribution is 7.47. The fourth-order valence-corrected chi connectivity index (χ4v) is 7.71. The summed E-state index contributed by atoms with van der Waals surface area (Å²) >= 11 is 0. The first-order chi connectivity index (χ1) is 32.2. The molecule has 0 aromatic carbocycles. The highest BCUT2D eigenvalue weighted by atomic mass is 31.2. The minimum Gasteiger partial charge on any atom is -0.462 e. The Morgan fingerprint density at radius 1 is 0.439 bits per heavy atom. The number of unbranched alkanes of at least 4 members (excludes halogenated alkanes) is 21. The molecular formula is C54H95O11P. The van der Waals surface area contributed by atoms with Crippen LogP contribution < -0.4 is 0 Å². The normalized spacial score (nSPS) is 14.0. The maximum absolute atomic E-state index is 12.8. The Morgan fingerprint density at radius 2 is 0.788 bits per heavy atom. The topological polar surface area (TPSA) is 155 Å². The van der Waals surface area contributed by atoms with Crippen LogP contribution in [0, 0.1) is 0 Å². The minimum atomic E-state index is -4.75. The molecular weight excluding hydrogens is 856 g/mol. The number of allylic oxidation sites excluding steroid dienone is 10. The molecule has 11 nitrogen and oxygen atoms in total. The summed E-state index contributed by atoms with van der Waals surface area (Å²) in [7, 11) is -4.75. The van der Waals surface area contributed by atoms with E-state index in [9.17, 15) is 28.9 Å². The first kappa shape index (κ1) is 63.2. The van der Waals surface area contributed by atoms with Gasteiger partial charge < -0.3 is 24.2 Å². The number of rotatable bonds is 48. The standard InChI is InChI=1S/C54H95O11P/c1-4-7-10-13-16-19-22-24-25-27-30-33-36-39-42-45-54(58)65-51(47-61-52(56)43-40-37-34-31-29-26-23-20-17-14-11-8-5-2)49-63-66(59,60)62-48-50(46-55)64-53(57)44-41-38-35-32-28-21-18-15-12-9-6-3/h8,11,16-17,19-20,24-26,29,50-51,55H,4-7,9-10,12-15,18,21-23,27-28,30-49H2,1-3H3,(H,59,60)/b11-8-,19-16-,20-17-,25-24-,29-26-. The Bertz CT molecular complexity index is 1340. The number of hydrogen-bond donors (Lipinski definition) is 2. The van der Waals surface area contributed by atoms with Crippen LogP contribution in [0.25, 0.3) is 0 Å². The van der Waals surface area contributed by atoms with Crippen molar-refractivity contribution in [3.8, 4) is 0 Å². The van der Waals surface area contributed by atoms with Crippen molar-refractivity contribution in [2.45, 2.75) is 238 Å². The Morgan fingerprint density at radius 3 is 1.26 bits per heavy atom. The molecule has 0 aromatic heterocycles. The molecule has 0 saturated carbocycles. The number of phosphoric ester groups is 1. The van der Waals surface area contributed by atoms with E-state index in [4.69, 9.17) is 23.3 Å². The van der Waals surface area contributed by atoms with Crippen LogP contribution in [0.1, 0.15) is 226 Å². The zero-order chi connectivity index (χ0) is 48.4. The van der Waals surface area contributed by atoms with Crippen LogP contribution in [-0.2, 0) is 42.2 Å². The van der Waals surface area contributed by atoms with Gasteiger partial charge in [0.25, 0.3) is 0 Å². The van der Waals surface area contributed by atoms with Crippen LogP contribution in [0.5, 0.6) is 0 Å². The van der Waals surface area contributed by atoms with Gasteiger partial charge in [0.15, 0.2) is 6.10 Å². The van der Waals surface area contributed by atoms with Crippen molar-refractivity contribution < 1.29 is 52.2 Å². The number of aliphatic hydroxyl groups is 1. The minimum absolute atomic E-state index is 0.145. The fourth-order valence-electron chi connectivity index (χ4n) is 6.93. The lowest BCUT2D eigenvalue weighted by Crippen LogP contribution is -2.30. The summed E-state index contributed by atoms with van der Waals surface area (Å²) < 4.78 is 39.3. The predicted molar refractivity (Wildman–Crippen MR) is 270 cm³/mol. The zero-order valence-electron chi connectivity index (χ0n) is 41.9. The lowest BCUT2D eigenvalue weighted by molar-refractivity contribution is -0.161. The van der Waals surface area contributed by atoms with Crippen molar-refractivity contribution in [3.05, 3.63) is 60.8 Å². The molecule has 0 aromatic rings. The van der Waals surface area contributed by atoms with E-state index in [0.29, 0.717) is 19.3 Å². The molecule has 0 rings (SSSR count). The summed E-state index contributed by atoms with van der Waals surface area (Å²) in [5.74, 6) is -1.51. The van der Waals surface area contributed by atoms with Crippen LogP contribution in [-0.4, -0.2) is 66.5 Å². The molecule has 0 heterocycles. The summed E-state index contributed by atoms with van der Waals surface area (Å²) in [6, 6.07) is 0. The van der Waals surface area contributed by atoms with Gasteiger partial charge in [-0.15, -0.1) is 0 Å². The smallest absolute Gasteiger partial charge is 0.462 e. The molecule has 0 fully saturated rings. The predicted octanol–water partition coefficient (Wildman–Crippen LogP) is 14.8. The summed E-state index contributed by atoms with van der Waals surface area (Å²) in [5, 5.41) is 9.76. The first-order valence-corrected chi connectivity index (χ1v) is 27.7. The number of carbonyl (C=O) groups is 3. The second-order valence-corrected chi connectivity index (χ2v) is 18.8. The number of aliphatic hydroxyl groups excluding tert-OH is 1. The van der Waals surface area contributed by atoms with Gasteiger partial charge in [0.1, 0.15) is 12.7 Å². The van der Waals surface area contributed by atoms with Gasteiger partial charge in [0.2, 0.25) is 0 Å². The molecule has 0 aliphatic carbocycles. The Balaban J connectivity index is 4.80. The van der Waals surface area contributed by atoms with Crippen LogP contribution >= 0.6 is 7.82 Å². The van der Waals surface area contributed by atoms with Crippen molar-refractivity contribution in [1.29, 1.82) is 0 Å². The van der Waals surface area contributed by atoms with Gasteiger partial charge >= 0.3 is 25.7 Å². The monoisotopic (exact) mass is 951 g/mol. The Labute approximate surface area is 402 Å². The van der Waals surface area contributed by atoms with E-state index in [0.717, 1.165) is 103 Å². The molecule has 3 unspecified atom stereocenters. The van der Waals surface area contributed by atoms with E-state index in [1.165, 1.54) is 64.2 Å². The van der Waals surface area contributed by atoms with Crippen LogP contribution in [0.3, 0.4) is 0 Å². The van der Waals surface area contributed by atoms with Crippen molar-refractivity contribution in [3.63, 3.8) is 0 Å². The largest absolute Gasteiger partial charge is 0.472 e. The van der Waals surface area contributed by atoms with Crippen LogP contribution in [0.2, 0.25) is 0 Å². The van der Waals surface area contributed by atoms with Crippen molar-refractivity contribution in [1.82, 2.24) is 0 Å². The zero-order valence-corrected chi connectivity index (χ0v) is 42.8. The average molecular weight is 951 g/mol. The molecule has 12 heteroatoms. The SMILES string of the molecule is CC/C=C\C/C=C\C/C=C\CCCCCC(=O)OCC(COP(=O)(O)OCC(CO)OC(=O)CCCCCCCCCCCCC)OC(=O)CCCCCCC/C=C\C/C=C\CCCCC. The summed E-state index contributed by atoms with van der Waals surface area (Å²) in [5.41, 5.74) is 0.